The summed E-state index contributed by atoms with van der Waals surface area (Å²) in [7, 11) is 0. The zero-order valence-electron chi connectivity index (χ0n) is 12.5. The first-order chi connectivity index (χ1) is 9.02. The molecule has 0 aliphatic heterocycles. The van der Waals surface area contributed by atoms with Crippen molar-refractivity contribution in [1.29, 1.82) is 0 Å². The molecule has 0 aliphatic rings. The second-order valence-electron chi connectivity index (χ2n) is 5.20. The Morgan fingerprint density at radius 2 is 1.95 bits per heavy atom. The Bertz CT molecular complexity index is 569. The number of rotatable bonds is 4. The fraction of sp³-hybridized carbons (Fsp3) is 0.412. The quantitative estimate of drug-likeness (QED) is 0.785. The van der Waals surface area contributed by atoms with Gasteiger partial charge in [-0.1, -0.05) is 25.1 Å². The maximum atomic E-state index is 3.71. The summed E-state index contributed by atoms with van der Waals surface area (Å²) in [5.74, 6) is 0. The molecule has 1 heterocycles. The predicted molar refractivity (Wildman–Crippen MR) is 86.4 cm³/mol. The van der Waals surface area contributed by atoms with Gasteiger partial charge in [-0.15, -0.1) is 11.3 Å². The Morgan fingerprint density at radius 3 is 2.53 bits per heavy atom. The first-order valence-corrected chi connectivity index (χ1v) is 7.76. The Balaban J connectivity index is 2.28. The maximum Gasteiger partial charge on any atom is 0.0496 e. The van der Waals surface area contributed by atoms with Crippen molar-refractivity contribution in [1.82, 2.24) is 0 Å². The van der Waals surface area contributed by atoms with E-state index in [1.165, 1.54) is 32.1 Å². The number of hydrogen-bond acceptors (Lipinski definition) is 2. The van der Waals surface area contributed by atoms with Crippen molar-refractivity contribution >= 4 is 17.0 Å². The minimum absolute atomic E-state index is 0.358. The lowest BCUT2D eigenvalue weighted by Gasteiger charge is -2.20. The Hall–Kier alpha value is -1.28. The highest BCUT2D eigenvalue weighted by Crippen LogP contribution is 2.31. The number of benzene rings is 1. The van der Waals surface area contributed by atoms with Gasteiger partial charge < -0.3 is 5.32 Å². The molecule has 0 spiro atoms. The van der Waals surface area contributed by atoms with Crippen LogP contribution >= 0.6 is 11.3 Å². The zero-order valence-corrected chi connectivity index (χ0v) is 13.3. The molecule has 1 atom stereocenters. The lowest BCUT2D eigenvalue weighted by atomic mass is 10.0. The molecule has 0 saturated carbocycles. The van der Waals surface area contributed by atoms with Crippen molar-refractivity contribution in [3.8, 4) is 0 Å². The summed E-state index contributed by atoms with van der Waals surface area (Å²) in [5.41, 5.74) is 5.46. The molecular formula is C17H23NS. The minimum atomic E-state index is 0.358. The molecule has 102 valence electrons. The average molecular weight is 273 g/mol. The van der Waals surface area contributed by atoms with E-state index in [0.717, 1.165) is 6.42 Å². The molecule has 2 heteroatoms. The van der Waals surface area contributed by atoms with E-state index in [9.17, 15) is 0 Å². The van der Waals surface area contributed by atoms with Crippen molar-refractivity contribution < 1.29 is 0 Å². The van der Waals surface area contributed by atoms with Crippen molar-refractivity contribution in [3.05, 3.63) is 50.7 Å². The first kappa shape index (κ1) is 14.1. The summed E-state index contributed by atoms with van der Waals surface area (Å²) in [6, 6.07) is 9.20. The Labute approximate surface area is 120 Å². The van der Waals surface area contributed by atoms with Crippen LogP contribution in [0.5, 0.6) is 0 Å². The second kappa shape index (κ2) is 5.79. The molecule has 0 radical (unpaired) electrons. The second-order valence-corrected chi connectivity index (χ2v) is 6.66. The predicted octanol–water partition coefficient (Wildman–Crippen LogP) is 5.41. The number of hydrogen-bond donors (Lipinski definition) is 1. The standard InChI is InChI=1S/C17H23NS/c1-6-15-9-7-8-11(2)17(15)18-13(4)16-10-12(3)19-14(16)5/h7-10,13,18H,6H2,1-5H3. The van der Waals surface area contributed by atoms with E-state index < -0.39 is 0 Å². The third-order valence-corrected chi connectivity index (χ3v) is 4.63. The van der Waals surface area contributed by atoms with E-state index in [2.05, 4.69) is 64.2 Å². The van der Waals surface area contributed by atoms with E-state index in [-0.39, 0.29) is 0 Å². The van der Waals surface area contributed by atoms with Crippen molar-refractivity contribution in [2.75, 3.05) is 5.32 Å². The van der Waals surface area contributed by atoms with Crippen LogP contribution in [0.1, 0.15) is 46.3 Å². The lowest BCUT2D eigenvalue weighted by Crippen LogP contribution is -2.09. The molecule has 0 saturated heterocycles. The van der Waals surface area contributed by atoms with Crippen LogP contribution in [0.15, 0.2) is 24.3 Å². The average Bonchev–Trinajstić information content (AvgIpc) is 2.71. The summed E-state index contributed by atoms with van der Waals surface area (Å²) in [5, 5.41) is 3.71. The van der Waals surface area contributed by atoms with Gasteiger partial charge in [-0.05, 0) is 56.9 Å². The van der Waals surface area contributed by atoms with E-state index in [1.54, 1.807) is 0 Å². The monoisotopic (exact) mass is 273 g/mol. The van der Waals surface area contributed by atoms with Crippen molar-refractivity contribution in [3.63, 3.8) is 0 Å². The Morgan fingerprint density at radius 1 is 1.21 bits per heavy atom. The maximum absolute atomic E-state index is 3.71. The molecule has 1 aromatic carbocycles. The van der Waals surface area contributed by atoms with Crippen LogP contribution in [0.2, 0.25) is 0 Å². The smallest absolute Gasteiger partial charge is 0.0496 e. The van der Waals surface area contributed by atoms with Crippen LogP contribution < -0.4 is 5.32 Å². The van der Waals surface area contributed by atoms with Gasteiger partial charge in [-0.2, -0.15) is 0 Å². The highest BCUT2D eigenvalue weighted by atomic mass is 32.1. The van der Waals surface area contributed by atoms with Gasteiger partial charge in [-0.25, -0.2) is 0 Å². The van der Waals surface area contributed by atoms with Gasteiger partial charge in [0.25, 0.3) is 0 Å². The Kier molecular flexibility index (Phi) is 4.31. The molecule has 1 aromatic heterocycles. The van der Waals surface area contributed by atoms with Crippen molar-refractivity contribution in [2.45, 2.75) is 47.1 Å². The molecule has 0 amide bonds. The SMILES string of the molecule is CCc1cccc(C)c1NC(C)c1cc(C)sc1C. The number of aryl methyl sites for hydroxylation is 4. The third kappa shape index (κ3) is 3.01. The van der Waals surface area contributed by atoms with Crippen LogP contribution in [0.25, 0.3) is 0 Å². The van der Waals surface area contributed by atoms with E-state index in [0.29, 0.717) is 6.04 Å². The molecule has 2 aromatic rings. The van der Waals surface area contributed by atoms with Gasteiger partial charge in [0, 0.05) is 21.5 Å². The minimum Gasteiger partial charge on any atom is -0.378 e. The third-order valence-electron chi connectivity index (χ3n) is 3.65. The molecule has 19 heavy (non-hydrogen) atoms. The van der Waals surface area contributed by atoms with E-state index in [4.69, 9.17) is 0 Å². The molecule has 0 fully saturated rings. The highest BCUT2D eigenvalue weighted by molar-refractivity contribution is 7.12. The molecule has 1 unspecified atom stereocenters. The van der Waals surface area contributed by atoms with Crippen LogP contribution in [0, 0.1) is 20.8 Å². The van der Waals surface area contributed by atoms with Gasteiger partial charge >= 0.3 is 0 Å². The van der Waals surface area contributed by atoms with Gasteiger partial charge in [0.1, 0.15) is 0 Å². The fourth-order valence-corrected chi connectivity index (χ4v) is 3.63. The van der Waals surface area contributed by atoms with Gasteiger partial charge in [0.05, 0.1) is 0 Å². The van der Waals surface area contributed by atoms with Gasteiger partial charge in [-0.3, -0.25) is 0 Å². The first-order valence-electron chi connectivity index (χ1n) is 6.94. The number of para-hydroxylation sites is 1. The molecular weight excluding hydrogens is 250 g/mol. The summed E-state index contributed by atoms with van der Waals surface area (Å²) in [6.07, 6.45) is 1.07. The number of anilines is 1. The molecule has 0 bridgehead atoms. The summed E-state index contributed by atoms with van der Waals surface area (Å²) in [6.45, 7) is 11.0. The van der Waals surface area contributed by atoms with Crippen LogP contribution in [0.4, 0.5) is 5.69 Å². The topological polar surface area (TPSA) is 12.0 Å². The zero-order chi connectivity index (χ0) is 14.0. The summed E-state index contributed by atoms with van der Waals surface area (Å²) < 4.78 is 0. The lowest BCUT2D eigenvalue weighted by molar-refractivity contribution is 0.874. The highest BCUT2D eigenvalue weighted by Gasteiger charge is 2.13. The van der Waals surface area contributed by atoms with Gasteiger partial charge in [0.15, 0.2) is 0 Å². The molecule has 1 nitrogen and oxygen atoms in total. The summed E-state index contributed by atoms with van der Waals surface area (Å²) in [4.78, 5) is 2.81. The summed E-state index contributed by atoms with van der Waals surface area (Å²) >= 11 is 1.88. The normalized spacial score (nSPS) is 12.5. The largest absolute Gasteiger partial charge is 0.378 e. The molecule has 1 N–H and O–H groups in total. The van der Waals surface area contributed by atoms with Crippen LogP contribution in [-0.4, -0.2) is 0 Å². The van der Waals surface area contributed by atoms with E-state index >= 15 is 0 Å². The fourth-order valence-electron chi connectivity index (χ4n) is 2.60. The number of thiophene rings is 1. The van der Waals surface area contributed by atoms with Crippen LogP contribution in [-0.2, 0) is 6.42 Å². The van der Waals surface area contributed by atoms with E-state index in [1.807, 2.05) is 11.3 Å². The van der Waals surface area contributed by atoms with Crippen molar-refractivity contribution in [2.24, 2.45) is 0 Å². The molecule has 2 rings (SSSR count). The number of nitrogens with one attached hydrogen (secondary N) is 1. The van der Waals surface area contributed by atoms with Gasteiger partial charge in [0.2, 0.25) is 0 Å². The van der Waals surface area contributed by atoms with Crippen LogP contribution in [0.3, 0.4) is 0 Å². The molecule has 0 aliphatic carbocycles.